The summed E-state index contributed by atoms with van der Waals surface area (Å²) in [6.45, 7) is 2.84. The first-order valence-corrected chi connectivity index (χ1v) is 2.43. The van der Waals surface area contributed by atoms with Crippen molar-refractivity contribution in [1.29, 1.82) is 0 Å². The van der Waals surface area contributed by atoms with Crippen molar-refractivity contribution >= 4 is 15.1 Å². The van der Waals surface area contributed by atoms with E-state index in [1.54, 1.807) is 0 Å². The maximum absolute atomic E-state index is 2.84. The minimum Gasteiger partial charge on any atom is -0.366 e. The molecule has 4 radical (unpaired) electrons. The Morgan fingerprint density at radius 2 is 2.25 bits per heavy atom. The molecule has 0 saturated carbocycles. The Hall–Kier alpha value is 0.00987. The van der Waals surface area contributed by atoms with E-state index >= 15 is 0 Å². The van der Waals surface area contributed by atoms with Crippen molar-refractivity contribution in [1.82, 2.24) is 14.8 Å². The van der Waals surface area contributed by atoms with Crippen LogP contribution in [0.25, 0.3) is 0 Å². The highest BCUT2D eigenvalue weighted by atomic mass is 15.2. The first-order chi connectivity index (χ1) is 3.79. The van der Waals surface area contributed by atoms with Gasteiger partial charge >= 0.3 is 7.55 Å². The molecule has 0 amide bonds. The van der Waals surface area contributed by atoms with Crippen LogP contribution in [0.2, 0.25) is 0 Å². The smallest absolute Gasteiger partial charge is 0.302 e. The van der Waals surface area contributed by atoms with E-state index in [2.05, 4.69) is 11.9 Å². The highest BCUT2D eigenvalue weighted by Crippen LogP contribution is 1.88. The van der Waals surface area contributed by atoms with Gasteiger partial charge in [-0.3, -0.25) is 0 Å². The molecule has 1 saturated heterocycles. The second-order valence-corrected chi connectivity index (χ2v) is 1.78. The van der Waals surface area contributed by atoms with Gasteiger partial charge in [-0.2, -0.15) is 0 Å². The molecule has 1 rings (SSSR count). The third-order valence-electron chi connectivity index (χ3n) is 0.864. The summed E-state index contributed by atoms with van der Waals surface area (Å²) in [4.78, 5) is 1.82. The lowest BCUT2D eigenvalue weighted by Gasteiger charge is -2.26. The maximum atomic E-state index is 2.84. The zero-order chi connectivity index (χ0) is 5.98. The molecule has 0 aromatic carbocycles. The Bertz CT molecular complexity index is 70.9. The van der Waals surface area contributed by atoms with Crippen molar-refractivity contribution in [2.75, 3.05) is 14.1 Å². The van der Waals surface area contributed by atoms with Gasteiger partial charge in [0.25, 0.3) is 7.55 Å². The molecule has 0 spiro atoms. The Labute approximate surface area is 51.6 Å². The summed E-state index contributed by atoms with van der Waals surface area (Å²) in [5, 5.41) is 2.83. The van der Waals surface area contributed by atoms with Crippen LogP contribution in [0, 0.1) is 6.67 Å². The molecule has 40 valence electrons. The Morgan fingerprint density at radius 3 is 2.62 bits per heavy atom. The SMILES string of the molecule is CN1[B]N[C]N(C)[B]1. The average molecular weight is 107 g/mol. The summed E-state index contributed by atoms with van der Waals surface area (Å²) < 4.78 is 1.91. The van der Waals surface area contributed by atoms with Crippen LogP contribution in [0.4, 0.5) is 0 Å². The first kappa shape index (κ1) is 6.13. The van der Waals surface area contributed by atoms with Crippen LogP contribution in [-0.4, -0.2) is 38.7 Å². The van der Waals surface area contributed by atoms with Gasteiger partial charge in [-0.1, -0.05) is 0 Å². The van der Waals surface area contributed by atoms with Gasteiger partial charge < -0.3 is 14.8 Å². The van der Waals surface area contributed by atoms with Crippen molar-refractivity contribution in [3.63, 3.8) is 0 Å². The summed E-state index contributed by atoms with van der Waals surface area (Å²) in [7, 11) is 7.59. The fourth-order valence-electron chi connectivity index (χ4n) is 0.568. The van der Waals surface area contributed by atoms with Crippen LogP contribution < -0.4 is 5.23 Å². The minimum atomic E-state index is 1.82. The fraction of sp³-hybridized carbons (Fsp3) is 0.667. The summed E-state index contributed by atoms with van der Waals surface area (Å²) in [5.41, 5.74) is 0. The molecule has 1 aliphatic rings. The molecule has 1 heterocycles. The molecule has 0 aromatic heterocycles. The average Bonchev–Trinajstić information content (AvgIpc) is 1.64. The maximum Gasteiger partial charge on any atom is 0.302 e. The topological polar surface area (TPSA) is 18.5 Å². The zero-order valence-corrected chi connectivity index (χ0v) is 5.05. The van der Waals surface area contributed by atoms with E-state index in [9.17, 15) is 0 Å². The lowest BCUT2D eigenvalue weighted by atomic mass is 9.91. The number of hydrogen-bond donors (Lipinski definition) is 1. The van der Waals surface area contributed by atoms with Crippen LogP contribution in [0.5, 0.6) is 0 Å². The summed E-state index contributed by atoms with van der Waals surface area (Å²) >= 11 is 0. The largest absolute Gasteiger partial charge is 0.366 e. The highest BCUT2D eigenvalue weighted by Gasteiger charge is 2.13. The predicted molar refractivity (Wildman–Crippen MR) is 33.4 cm³/mol. The molecular weight excluding hydrogens is 99.7 g/mol. The lowest BCUT2D eigenvalue weighted by molar-refractivity contribution is 0.542. The van der Waals surface area contributed by atoms with Gasteiger partial charge in [0.2, 0.25) is 0 Å². The molecule has 1 N–H and O–H groups in total. The van der Waals surface area contributed by atoms with Crippen molar-refractivity contribution in [2.24, 2.45) is 0 Å². The molecule has 3 nitrogen and oxygen atoms in total. The molecule has 1 aliphatic heterocycles. The van der Waals surface area contributed by atoms with E-state index in [0.29, 0.717) is 0 Å². The van der Waals surface area contributed by atoms with Crippen molar-refractivity contribution in [2.45, 2.75) is 0 Å². The van der Waals surface area contributed by atoms with Crippen LogP contribution >= 0.6 is 0 Å². The van der Waals surface area contributed by atoms with Gasteiger partial charge in [0.15, 0.2) is 0 Å². The van der Waals surface area contributed by atoms with E-state index < -0.39 is 0 Å². The molecule has 8 heavy (non-hydrogen) atoms. The minimum absolute atomic E-state index is 1.82. The van der Waals surface area contributed by atoms with E-state index in [1.807, 2.05) is 38.7 Å². The van der Waals surface area contributed by atoms with Crippen LogP contribution in [0.15, 0.2) is 0 Å². The number of hydrogen-bond acceptors (Lipinski definition) is 3. The number of nitrogens with zero attached hydrogens (tertiary/aromatic N) is 2. The molecule has 0 aromatic rings. The molecule has 0 atom stereocenters. The van der Waals surface area contributed by atoms with Crippen LogP contribution in [0.3, 0.4) is 0 Å². The summed E-state index contributed by atoms with van der Waals surface area (Å²) in [5.74, 6) is 0. The monoisotopic (exact) mass is 107 g/mol. The molecule has 1 fully saturated rings. The molecule has 5 heteroatoms. The van der Waals surface area contributed by atoms with Crippen molar-refractivity contribution < 1.29 is 0 Å². The van der Waals surface area contributed by atoms with Gasteiger partial charge in [0, 0.05) is 0 Å². The molecular formula is C3H7B2N3. The standard InChI is InChI=1S/C3H7B2N3/c1-7-3-6-4-8(2)5-7/h6H,1-2H3. The third kappa shape index (κ3) is 1.51. The third-order valence-corrected chi connectivity index (χ3v) is 0.864. The summed E-state index contributed by atoms with van der Waals surface area (Å²) in [6.07, 6.45) is 0. The number of nitrogens with one attached hydrogen (secondary N) is 1. The predicted octanol–water partition coefficient (Wildman–Crippen LogP) is -1.48. The lowest BCUT2D eigenvalue weighted by Crippen LogP contribution is -2.51. The van der Waals surface area contributed by atoms with E-state index in [0.717, 1.165) is 0 Å². The molecule has 0 aliphatic carbocycles. The molecule has 0 unspecified atom stereocenters. The van der Waals surface area contributed by atoms with E-state index in [-0.39, 0.29) is 0 Å². The van der Waals surface area contributed by atoms with Gasteiger partial charge in [-0.15, -0.1) is 0 Å². The van der Waals surface area contributed by atoms with Gasteiger partial charge in [-0.05, 0) is 14.1 Å². The Balaban J connectivity index is 2.23. The van der Waals surface area contributed by atoms with E-state index in [4.69, 9.17) is 0 Å². The van der Waals surface area contributed by atoms with Crippen molar-refractivity contribution in [3.8, 4) is 0 Å². The van der Waals surface area contributed by atoms with E-state index in [1.165, 1.54) is 0 Å². The van der Waals surface area contributed by atoms with Gasteiger partial charge in [-0.25, -0.2) is 0 Å². The normalized spacial score (nSPS) is 24.2. The Morgan fingerprint density at radius 1 is 1.50 bits per heavy atom. The Kier molecular flexibility index (Phi) is 1.94. The molecule has 0 bridgehead atoms. The van der Waals surface area contributed by atoms with Crippen LogP contribution in [-0.2, 0) is 0 Å². The first-order valence-electron chi connectivity index (χ1n) is 2.43. The van der Waals surface area contributed by atoms with Gasteiger partial charge in [0.05, 0.1) is 0 Å². The quantitative estimate of drug-likeness (QED) is 0.380. The summed E-state index contributed by atoms with van der Waals surface area (Å²) in [6, 6.07) is 0. The second-order valence-electron chi connectivity index (χ2n) is 1.78. The number of rotatable bonds is 0. The zero-order valence-electron chi connectivity index (χ0n) is 5.05. The highest BCUT2D eigenvalue weighted by molar-refractivity contribution is 6.48. The second kappa shape index (κ2) is 2.53. The van der Waals surface area contributed by atoms with Crippen molar-refractivity contribution in [3.05, 3.63) is 6.67 Å². The van der Waals surface area contributed by atoms with Crippen LogP contribution in [0.1, 0.15) is 0 Å². The fourth-order valence-corrected chi connectivity index (χ4v) is 0.568. The van der Waals surface area contributed by atoms with Gasteiger partial charge in [0.1, 0.15) is 6.67 Å².